The fourth-order valence-corrected chi connectivity index (χ4v) is 4.45. The largest absolute Gasteiger partial charge is 0.383 e. The second kappa shape index (κ2) is 9.73. The first-order valence-electron chi connectivity index (χ1n) is 10.3. The number of nitrogens with one attached hydrogen (secondary N) is 1. The number of nitrogens with zero attached hydrogens (tertiary/aromatic N) is 2. The van der Waals surface area contributed by atoms with E-state index in [2.05, 4.69) is 23.2 Å². The summed E-state index contributed by atoms with van der Waals surface area (Å²) < 4.78 is 11.8. The fraction of sp³-hybridized carbons (Fsp3) is 0.667. The third kappa shape index (κ3) is 4.63. The lowest BCUT2D eigenvalue weighted by molar-refractivity contribution is -0.0817. The van der Waals surface area contributed by atoms with Crippen LogP contribution in [0.15, 0.2) is 29.3 Å². The normalized spacial score (nSPS) is 30.1. The maximum Gasteiger partial charge on any atom is 0.194 e. The SMILES string of the molecule is CCNC(=NCC1(O)CCc2ccccc21)N1CCOC(C2CCCO2)C1.I. The predicted octanol–water partition coefficient (Wildman–Crippen LogP) is 2.28. The molecule has 0 amide bonds. The maximum atomic E-state index is 11.2. The van der Waals surface area contributed by atoms with E-state index in [0.717, 1.165) is 63.4 Å². The second-order valence-corrected chi connectivity index (χ2v) is 7.77. The van der Waals surface area contributed by atoms with Gasteiger partial charge >= 0.3 is 0 Å². The number of aliphatic hydroxyl groups is 1. The number of fused-ring (bicyclic) bond motifs is 1. The van der Waals surface area contributed by atoms with E-state index in [9.17, 15) is 5.11 Å². The summed E-state index contributed by atoms with van der Waals surface area (Å²) in [6.07, 6.45) is 4.13. The van der Waals surface area contributed by atoms with Crippen LogP contribution in [0.5, 0.6) is 0 Å². The van der Waals surface area contributed by atoms with E-state index in [-0.39, 0.29) is 36.2 Å². The molecule has 1 aromatic rings. The molecule has 3 aliphatic rings. The van der Waals surface area contributed by atoms with Crippen molar-refractivity contribution in [3.05, 3.63) is 35.4 Å². The van der Waals surface area contributed by atoms with Gasteiger partial charge in [-0.05, 0) is 43.7 Å². The monoisotopic (exact) mass is 501 g/mol. The van der Waals surface area contributed by atoms with E-state index >= 15 is 0 Å². The number of benzene rings is 1. The van der Waals surface area contributed by atoms with Gasteiger partial charge in [0.1, 0.15) is 11.7 Å². The molecule has 4 rings (SSSR count). The van der Waals surface area contributed by atoms with E-state index in [0.29, 0.717) is 13.2 Å². The standard InChI is InChI=1S/C21H31N3O3.HI/c1-2-22-20(24-11-13-27-19(14-24)18-8-5-12-26-18)23-15-21(25)10-9-16-6-3-4-7-17(16)21;/h3-4,6-7,18-19,25H,2,5,8-15H2,1H3,(H,22,23);1H. The number of hydrogen-bond donors (Lipinski definition) is 2. The van der Waals surface area contributed by atoms with Crippen LogP contribution in [-0.4, -0.2) is 67.6 Å². The Balaban J connectivity index is 0.00000225. The highest BCUT2D eigenvalue weighted by molar-refractivity contribution is 14.0. The van der Waals surface area contributed by atoms with Crippen molar-refractivity contribution in [2.24, 2.45) is 4.99 Å². The smallest absolute Gasteiger partial charge is 0.194 e. The number of rotatable bonds is 4. The minimum Gasteiger partial charge on any atom is -0.383 e. The Bertz CT molecular complexity index is 681. The van der Waals surface area contributed by atoms with Crippen molar-refractivity contribution in [1.29, 1.82) is 0 Å². The number of morpholine rings is 1. The van der Waals surface area contributed by atoms with Gasteiger partial charge in [-0.1, -0.05) is 24.3 Å². The predicted molar refractivity (Wildman–Crippen MR) is 120 cm³/mol. The number of guanidine groups is 1. The molecule has 1 aromatic carbocycles. The summed E-state index contributed by atoms with van der Waals surface area (Å²) in [5, 5.41) is 14.6. The molecular weight excluding hydrogens is 469 g/mol. The van der Waals surface area contributed by atoms with Crippen LogP contribution >= 0.6 is 24.0 Å². The lowest BCUT2D eigenvalue weighted by Gasteiger charge is -2.37. The fourth-order valence-electron chi connectivity index (χ4n) is 4.45. The van der Waals surface area contributed by atoms with Gasteiger partial charge in [-0.2, -0.15) is 0 Å². The zero-order valence-electron chi connectivity index (χ0n) is 16.6. The molecule has 2 fully saturated rings. The van der Waals surface area contributed by atoms with Crippen LogP contribution in [0.3, 0.4) is 0 Å². The van der Waals surface area contributed by atoms with Crippen molar-refractivity contribution in [3.8, 4) is 0 Å². The molecule has 2 aliphatic heterocycles. The van der Waals surface area contributed by atoms with Crippen LogP contribution in [0.4, 0.5) is 0 Å². The molecule has 2 heterocycles. The topological polar surface area (TPSA) is 66.3 Å². The van der Waals surface area contributed by atoms with Crippen LogP contribution in [0.2, 0.25) is 0 Å². The van der Waals surface area contributed by atoms with Gasteiger partial charge in [-0.3, -0.25) is 0 Å². The van der Waals surface area contributed by atoms with Gasteiger partial charge in [0.15, 0.2) is 5.96 Å². The van der Waals surface area contributed by atoms with Gasteiger partial charge in [0.05, 0.1) is 19.3 Å². The zero-order chi connectivity index (χ0) is 18.7. The summed E-state index contributed by atoms with van der Waals surface area (Å²) in [5.74, 6) is 0.863. The van der Waals surface area contributed by atoms with Crippen molar-refractivity contribution in [2.75, 3.05) is 39.4 Å². The molecule has 0 bridgehead atoms. The number of ether oxygens (including phenoxy) is 2. The first-order valence-corrected chi connectivity index (χ1v) is 10.3. The maximum absolute atomic E-state index is 11.2. The Kier molecular flexibility index (Phi) is 7.58. The van der Waals surface area contributed by atoms with Crippen molar-refractivity contribution in [1.82, 2.24) is 10.2 Å². The molecular formula is C21H32IN3O3. The van der Waals surface area contributed by atoms with Crippen LogP contribution in [0.25, 0.3) is 0 Å². The third-order valence-electron chi connectivity index (χ3n) is 5.92. The molecule has 2 saturated heterocycles. The van der Waals surface area contributed by atoms with E-state index < -0.39 is 5.60 Å². The van der Waals surface area contributed by atoms with Crippen molar-refractivity contribution in [3.63, 3.8) is 0 Å². The summed E-state index contributed by atoms with van der Waals surface area (Å²) in [6.45, 7) is 6.37. The zero-order valence-corrected chi connectivity index (χ0v) is 18.9. The lowest BCUT2D eigenvalue weighted by Crippen LogP contribution is -2.53. The van der Waals surface area contributed by atoms with Crippen LogP contribution in [-0.2, 0) is 21.5 Å². The second-order valence-electron chi connectivity index (χ2n) is 7.77. The van der Waals surface area contributed by atoms with Gasteiger partial charge in [0, 0.05) is 26.2 Å². The quantitative estimate of drug-likeness (QED) is 0.377. The van der Waals surface area contributed by atoms with Gasteiger partial charge in [0.2, 0.25) is 0 Å². The number of hydrogen-bond acceptors (Lipinski definition) is 4. The van der Waals surface area contributed by atoms with E-state index in [1.807, 2.05) is 18.2 Å². The summed E-state index contributed by atoms with van der Waals surface area (Å²) in [6, 6.07) is 8.18. The first kappa shape index (κ1) is 21.8. The first-order chi connectivity index (χ1) is 13.2. The Morgan fingerprint density at radius 3 is 2.89 bits per heavy atom. The average Bonchev–Trinajstić information content (AvgIpc) is 3.35. The molecule has 3 atom stereocenters. The van der Waals surface area contributed by atoms with E-state index in [1.165, 1.54) is 5.56 Å². The van der Waals surface area contributed by atoms with Gasteiger partial charge in [-0.25, -0.2) is 4.99 Å². The molecule has 156 valence electrons. The van der Waals surface area contributed by atoms with Gasteiger partial charge in [0.25, 0.3) is 0 Å². The Hall–Kier alpha value is -0.900. The summed E-state index contributed by atoms with van der Waals surface area (Å²) in [5.41, 5.74) is 1.41. The molecule has 0 spiro atoms. The van der Waals surface area contributed by atoms with E-state index in [4.69, 9.17) is 14.5 Å². The number of halogens is 1. The Morgan fingerprint density at radius 2 is 2.11 bits per heavy atom. The third-order valence-corrected chi connectivity index (χ3v) is 5.92. The molecule has 1 aliphatic carbocycles. The molecule has 0 aromatic heterocycles. The minimum absolute atomic E-state index is 0. The van der Waals surface area contributed by atoms with Crippen LogP contribution in [0.1, 0.15) is 37.3 Å². The summed E-state index contributed by atoms with van der Waals surface area (Å²) in [7, 11) is 0. The molecule has 6 nitrogen and oxygen atoms in total. The highest BCUT2D eigenvalue weighted by Gasteiger charge is 2.37. The minimum atomic E-state index is -0.864. The molecule has 3 unspecified atom stereocenters. The van der Waals surface area contributed by atoms with Crippen molar-refractivity contribution >= 4 is 29.9 Å². The highest BCUT2D eigenvalue weighted by atomic mass is 127. The molecule has 7 heteroatoms. The van der Waals surface area contributed by atoms with Crippen molar-refractivity contribution < 1.29 is 14.6 Å². The van der Waals surface area contributed by atoms with Crippen molar-refractivity contribution in [2.45, 2.75) is 50.4 Å². The van der Waals surface area contributed by atoms with Crippen LogP contribution < -0.4 is 5.32 Å². The Morgan fingerprint density at radius 1 is 1.29 bits per heavy atom. The lowest BCUT2D eigenvalue weighted by atomic mass is 9.96. The number of aryl methyl sites for hydroxylation is 1. The average molecular weight is 501 g/mol. The molecule has 2 N–H and O–H groups in total. The van der Waals surface area contributed by atoms with Gasteiger partial charge < -0.3 is 24.8 Å². The molecule has 0 saturated carbocycles. The highest BCUT2D eigenvalue weighted by Crippen LogP contribution is 2.37. The molecule has 0 radical (unpaired) electrons. The summed E-state index contributed by atoms with van der Waals surface area (Å²) in [4.78, 5) is 7.09. The Labute approximate surface area is 184 Å². The number of aliphatic imine (C=N–C) groups is 1. The molecule has 28 heavy (non-hydrogen) atoms. The van der Waals surface area contributed by atoms with Gasteiger partial charge in [-0.15, -0.1) is 24.0 Å². The summed E-state index contributed by atoms with van der Waals surface area (Å²) >= 11 is 0. The van der Waals surface area contributed by atoms with E-state index in [1.54, 1.807) is 0 Å². The van der Waals surface area contributed by atoms with Crippen LogP contribution in [0, 0.1) is 0 Å².